The molecular weight excluding hydrogens is 268 g/mol. The molecule has 1 saturated heterocycles. The number of aliphatic hydroxyl groups is 1. The van der Waals surface area contributed by atoms with Gasteiger partial charge in [0.2, 0.25) is 5.91 Å². The van der Waals surface area contributed by atoms with Gasteiger partial charge in [-0.1, -0.05) is 41.4 Å². The fraction of sp³-hybridized carbons (Fsp3) is 0.250. The molecule has 106 valence electrons. The molecule has 0 saturated carbocycles. The summed E-state index contributed by atoms with van der Waals surface area (Å²) < 4.78 is 5.19. The number of hydrogen-bond acceptors (Lipinski definition) is 4. The molecule has 0 spiro atoms. The summed E-state index contributed by atoms with van der Waals surface area (Å²) in [5.41, 5.74) is 0.458. The Hall–Kier alpha value is -2.58. The van der Waals surface area contributed by atoms with Crippen molar-refractivity contribution in [3.05, 3.63) is 42.2 Å². The maximum Gasteiger partial charge on any atom is 0.230 e. The van der Waals surface area contributed by atoms with Crippen molar-refractivity contribution in [2.75, 3.05) is 13.1 Å². The second-order valence-electron chi connectivity index (χ2n) is 5.15. The number of aromatic nitrogens is 1. The van der Waals surface area contributed by atoms with Crippen LogP contribution < -0.4 is 0 Å². The van der Waals surface area contributed by atoms with E-state index in [0.717, 1.165) is 5.56 Å². The first kappa shape index (κ1) is 13.4. The Bertz CT molecular complexity index is 694. The molecule has 0 unspecified atom stereocenters. The zero-order chi connectivity index (χ0) is 14.9. The quantitative estimate of drug-likeness (QED) is 0.856. The van der Waals surface area contributed by atoms with Gasteiger partial charge in [0.25, 0.3) is 0 Å². The van der Waals surface area contributed by atoms with Crippen LogP contribution in [0.25, 0.3) is 11.3 Å². The van der Waals surface area contributed by atoms with Gasteiger partial charge in [0.05, 0.1) is 19.5 Å². The molecule has 1 aliphatic heterocycles. The number of likely N-dealkylation sites (tertiary alicyclic amines) is 1. The van der Waals surface area contributed by atoms with E-state index in [1.165, 1.54) is 4.90 Å². The van der Waals surface area contributed by atoms with Crippen molar-refractivity contribution in [3.63, 3.8) is 0 Å². The summed E-state index contributed by atoms with van der Waals surface area (Å²) >= 11 is 0. The summed E-state index contributed by atoms with van der Waals surface area (Å²) in [7, 11) is 0. The lowest BCUT2D eigenvalue weighted by Gasteiger charge is -2.42. The summed E-state index contributed by atoms with van der Waals surface area (Å²) in [4.78, 5) is 13.5. The predicted octanol–water partition coefficient (Wildman–Crippen LogP) is 1.09. The molecule has 0 aliphatic carbocycles. The number of β-amino-alcohol motifs (C(OH)–C–C–N with tert-alkyl or cyclic N) is 1. The number of carbonyl (C=O) groups is 1. The van der Waals surface area contributed by atoms with E-state index in [0.29, 0.717) is 11.5 Å². The minimum absolute atomic E-state index is 0.112. The normalized spacial score (nSPS) is 16.1. The minimum Gasteiger partial charge on any atom is -0.374 e. The van der Waals surface area contributed by atoms with Gasteiger partial charge in [-0.05, 0) is 0 Å². The first-order valence-electron chi connectivity index (χ1n) is 6.59. The van der Waals surface area contributed by atoms with Crippen LogP contribution in [0.5, 0.6) is 0 Å². The molecule has 0 radical (unpaired) electrons. The smallest absolute Gasteiger partial charge is 0.230 e. The Morgan fingerprint density at radius 1 is 1.43 bits per heavy atom. The van der Waals surface area contributed by atoms with Crippen LogP contribution in [0, 0.1) is 12.3 Å². The van der Waals surface area contributed by atoms with E-state index < -0.39 is 5.60 Å². The number of hydrogen-bond donors (Lipinski definition) is 1. The van der Waals surface area contributed by atoms with E-state index in [1.54, 1.807) is 6.07 Å². The van der Waals surface area contributed by atoms with Crippen molar-refractivity contribution in [3.8, 4) is 23.6 Å². The molecule has 5 nitrogen and oxygen atoms in total. The van der Waals surface area contributed by atoms with Crippen molar-refractivity contribution < 1.29 is 14.4 Å². The predicted molar refractivity (Wildman–Crippen MR) is 76.0 cm³/mol. The van der Waals surface area contributed by atoms with Crippen LogP contribution >= 0.6 is 0 Å². The standard InChI is InChI=1S/C16H14N2O3/c1-2-16(20)10-18(11-16)15(19)9-13-8-14(17-21-13)12-6-4-3-5-7-12/h1,3-8,20H,9-11H2. The molecule has 0 bridgehead atoms. The molecule has 3 rings (SSSR count). The summed E-state index contributed by atoms with van der Waals surface area (Å²) in [6, 6.07) is 11.3. The lowest BCUT2D eigenvalue weighted by Crippen LogP contribution is -2.63. The van der Waals surface area contributed by atoms with E-state index in [9.17, 15) is 9.90 Å². The van der Waals surface area contributed by atoms with E-state index in [2.05, 4.69) is 11.1 Å². The molecule has 0 atom stereocenters. The van der Waals surface area contributed by atoms with Crippen LogP contribution in [0.2, 0.25) is 0 Å². The monoisotopic (exact) mass is 282 g/mol. The fourth-order valence-corrected chi connectivity index (χ4v) is 2.25. The molecule has 1 amide bonds. The summed E-state index contributed by atoms with van der Waals surface area (Å²) in [6.45, 7) is 0.337. The number of terminal acetylenes is 1. The lowest BCUT2D eigenvalue weighted by atomic mass is 9.95. The first-order chi connectivity index (χ1) is 10.1. The van der Waals surface area contributed by atoms with Crippen LogP contribution in [0.15, 0.2) is 40.9 Å². The molecule has 1 fully saturated rings. The second kappa shape index (κ2) is 5.08. The van der Waals surface area contributed by atoms with Crippen molar-refractivity contribution in [2.45, 2.75) is 12.0 Å². The van der Waals surface area contributed by atoms with Crippen molar-refractivity contribution >= 4 is 5.91 Å². The van der Waals surface area contributed by atoms with Gasteiger partial charge in [0, 0.05) is 11.6 Å². The van der Waals surface area contributed by atoms with Crippen molar-refractivity contribution in [1.82, 2.24) is 10.1 Å². The molecule has 21 heavy (non-hydrogen) atoms. The minimum atomic E-state index is -1.17. The molecular formula is C16H14N2O3. The van der Waals surface area contributed by atoms with Gasteiger partial charge in [0.15, 0.2) is 5.60 Å². The van der Waals surface area contributed by atoms with Crippen LogP contribution in [0.4, 0.5) is 0 Å². The van der Waals surface area contributed by atoms with Crippen LogP contribution in [0.1, 0.15) is 5.76 Å². The van der Waals surface area contributed by atoms with Gasteiger partial charge < -0.3 is 14.5 Å². The van der Waals surface area contributed by atoms with E-state index in [4.69, 9.17) is 10.9 Å². The Labute approximate surface area is 122 Å². The van der Waals surface area contributed by atoms with Crippen LogP contribution in [0.3, 0.4) is 0 Å². The van der Waals surface area contributed by atoms with Gasteiger partial charge >= 0.3 is 0 Å². The average molecular weight is 282 g/mol. The Morgan fingerprint density at radius 3 is 2.81 bits per heavy atom. The van der Waals surface area contributed by atoms with Gasteiger partial charge in [0.1, 0.15) is 11.5 Å². The zero-order valence-electron chi connectivity index (χ0n) is 11.3. The zero-order valence-corrected chi connectivity index (χ0v) is 11.3. The largest absolute Gasteiger partial charge is 0.374 e. The van der Waals surface area contributed by atoms with Gasteiger partial charge in [-0.3, -0.25) is 4.79 Å². The second-order valence-corrected chi connectivity index (χ2v) is 5.15. The highest BCUT2D eigenvalue weighted by atomic mass is 16.5. The summed E-state index contributed by atoms with van der Waals surface area (Å²) in [5.74, 6) is 2.64. The highest BCUT2D eigenvalue weighted by molar-refractivity contribution is 5.80. The molecule has 1 aromatic carbocycles. The van der Waals surface area contributed by atoms with Crippen molar-refractivity contribution in [2.24, 2.45) is 0 Å². The van der Waals surface area contributed by atoms with Crippen LogP contribution in [-0.2, 0) is 11.2 Å². The number of nitrogens with zero attached hydrogens (tertiary/aromatic N) is 2. The third-order valence-electron chi connectivity index (χ3n) is 3.48. The van der Waals surface area contributed by atoms with Crippen molar-refractivity contribution in [1.29, 1.82) is 0 Å². The average Bonchev–Trinajstić information content (AvgIpc) is 2.93. The topological polar surface area (TPSA) is 66.6 Å². The number of benzene rings is 1. The Morgan fingerprint density at radius 2 is 2.14 bits per heavy atom. The number of amides is 1. The lowest BCUT2D eigenvalue weighted by molar-refractivity contribution is -0.146. The first-order valence-corrected chi connectivity index (χ1v) is 6.59. The highest BCUT2D eigenvalue weighted by Gasteiger charge is 2.42. The number of rotatable bonds is 3. The molecule has 2 heterocycles. The third kappa shape index (κ3) is 2.67. The van der Waals surface area contributed by atoms with E-state index in [1.807, 2.05) is 30.3 Å². The van der Waals surface area contributed by atoms with Gasteiger partial charge in [-0.25, -0.2) is 0 Å². The Kier molecular flexibility index (Phi) is 3.24. The molecule has 1 N–H and O–H groups in total. The third-order valence-corrected chi connectivity index (χ3v) is 3.48. The highest BCUT2D eigenvalue weighted by Crippen LogP contribution is 2.22. The molecule has 5 heteroatoms. The van der Waals surface area contributed by atoms with E-state index in [-0.39, 0.29) is 25.4 Å². The Balaban J connectivity index is 1.64. The molecule has 1 aliphatic rings. The SMILES string of the molecule is C#CC1(O)CN(C(=O)Cc2cc(-c3ccccc3)no2)C1. The maximum absolute atomic E-state index is 12.0. The number of carbonyl (C=O) groups excluding carboxylic acids is 1. The summed E-state index contributed by atoms with van der Waals surface area (Å²) in [5, 5.41) is 13.7. The summed E-state index contributed by atoms with van der Waals surface area (Å²) in [6.07, 6.45) is 5.30. The maximum atomic E-state index is 12.0. The van der Waals surface area contributed by atoms with Crippen LogP contribution in [-0.4, -0.2) is 39.8 Å². The molecule has 1 aromatic heterocycles. The van der Waals surface area contributed by atoms with Gasteiger partial charge in [-0.2, -0.15) is 0 Å². The molecule has 2 aromatic rings. The van der Waals surface area contributed by atoms with Gasteiger partial charge in [-0.15, -0.1) is 6.42 Å². The fourth-order valence-electron chi connectivity index (χ4n) is 2.25. The van der Waals surface area contributed by atoms with E-state index >= 15 is 0 Å².